The van der Waals surface area contributed by atoms with Crippen LogP contribution in [0.25, 0.3) is 5.69 Å². The Morgan fingerprint density at radius 2 is 2.06 bits per heavy atom. The Bertz CT molecular complexity index is 579. The fourth-order valence-corrected chi connectivity index (χ4v) is 1.44. The Morgan fingerprint density at radius 1 is 1.33 bits per heavy atom. The van der Waals surface area contributed by atoms with Crippen LogP contribution in [-0.2, 0) is 6.18 Å². The number of hydrogen-bond donors (Lipinski definition) is 1. The summed E-state index contributed by atoms with van der Waals surface area (Å²) in [6, 6.07) is 2.84. The number of hydrogen-bond acceptors (Lipinski definition) is 3. The van der Waals surface area contributed by atoms with E-state index >= 15 is 0 Å². The van der Waals surface area contributed by atoms with Crippen molar-refractivity contribution in [2.24, 2.45) is 0 Å². The number of halogens is 3. The van der Waals surface area contributed by atoms with Crippen molar-refractivity contribution in [2.75, 3.05) is 0 Å². The monoisotopic (exact) mass is 257 g/mol. The fourth-order valence-electron chi connectivity index (χ4n) is 1.44. The van der Waals surface area contributed by atoms with E-state index in [2.05, 4.69) is 10.1 Å². The van der Waals surface area contributed by atoms with E-state index in [1.165, 1.54) is 18.7 Å². The van der Waals surface area contributed by atoms with Crippen molar-refractivity contribution in [3.05, 3.63) is 42.0 Å². The van der Waals surface area contributed by atoms with Gasteiger partial charge in [0, 0.05) is 0 Å². The minimum atomic E-state index is -4.75. The van der Waals surface area contributed by atoms with Crippen molar-refractivity contribution < 1.29 is 23.1 Å². The lowest BCUT2D eigenvalue weighted by Gasteiger charge is -2.11. The topological polar surface area (TPSA) is 68.0 Å². The largest absolute Gasteiger partial charge is 0.478 e. The molecule has 1 aromatic carbocycles. The number of rotatable bonds is 2. The maximum atomic E-state index is 12.7. The van der Waals surface area contributed by atoms with Crippen molar-refractivity contribution in [3.63, 3.8) is 0 Å². The number of carbonyl (C=O) groups is 1. The van der Waals surface area contributed by atoms with Crippen molar-refractivity contribution in [1.82, 2.24) is 14.8 Å². The van der Waals surface area contributed by atoms with Gasteiger partial charge in [-0.2, -0.15) is 18.3 Å². The first-order valence-corrected chi connectivity index (χ1v) is 4.69. The van der Waals surface area contributed by atoms with Gasteiger partial charge in [0.2, 0.25) is 0 Å². The van der Waals surface area contributed by atoms with Crippen molar-refractivity contribution in [3.8, 4) is 5.69 Å². The normalized spacial score (nSPS) is 11.5. The molecule has 1 aromatic heterocycles. The molecule has 1 N–H and O–H groups in total. The highest BCUT2D eigenvalue weighted by molar-refractivity contribution is 5.90. The SMILES string of the molecule is O=C(O)c1ccc(-n2cncn2)cc1C(F)(F)F. The number of nitrogens with zero attached hydrogens (tertiary/aromatic N) is 3. The Morgan fingerprint density at radius 3 is 2.56 bits per heavy atom. The molecule has 0 bridgehead atoms. The maximum absolute atomic E-state index is 12.7. The number of alkyl halides is 3. The smallest absolute Gasteiger partial charge is 0.417 e. The van der Waals surface area contributed by atoms with Gasteiger partial charge in [0.15, 0.2) is 0 Å². The van der Waals surface area contributed by atoms with Gasteiger partial charge in [0.1, 0.15) is 12.7 Å². The van der Waals surface area contributed by atoms with E-state index in [-0.39, 0.29) is 5.69 Å². The third-order valence-electron chi connectivity index (χ3n) is 2.22. The molecule has 0 amide bonds. The van der Waals surface area contributed by atoms with Gasteiger partial charge in [-0.15, -0.1) is 0 Å². The third-order valence-corrected chi connectivity index (χ3v) is 2.22. The molecule has 0 aliphatic rings. The summed E-state index contributed by atoms with van der Waals surface area (Å²) in [4.78, 5) is 14.3. The third kappa shape index (κ3) is 2.17. The van der Waals surface area contributed by atoms with Crippen LogP contribution in [0.2, 0.25) is 0 Å². The Labute approximate surface area is 98.5 Å². The highest BCUT2D eigenvalue weighted by atomic mass is 19.4. The predicted octanol–water partition coefficient (Wildman–Crippen LogP) is 1.98. The Hall–Kier alpha value is -2.38. The van der Waals surface area contributed by atoms with E-state index in [1.54, 1.807) is 0 Å². The summed E-state index contributed by atoms with van der Waals surface area (Å²) in [5.74, 6) is -1.63. The molecule has 0 aliphatic carbocycles. The highest BCUT2D eigenvalue weighted by Crippen LogP contribution is 2.33. The molecule has 0 saturated carbocycles. The van der Waals surface area contributed by atoms with E-state index in [4.69, 9.17) is 5.11 Å². The van der Waals surface area contributed by atoms with Crippen LogP contribution in [0.1, 0.15) is 15.9 Å². The average Bonchev–Trinajstić information content (AvgIpc) is 2.80. The molecule has 0 saturated heterocycles. The molecule has 0 atom stereocenters. The second-order valence-corrected chi connectivity index (χ2v) is 3.37. The zero-order valence-corrected chi connectivity index (χ0v) is 8.72. The van der Waals surface area contributed by atoms with Gasteiger partial charge in [-0.3, -0.25) is 0 Å². The molecule has 2 rings (SSSR count). The highest BCUT2D eigenvalue weighted by Gasteiger charge is 2.35. The number of benzene rings is 1. The van der Waals surface area contributed by atoms with Crippen LogP contribution in [0.4, 0.5) is 13.2 Å². The first-order chi connectivity index (χ1) is 8.39. The lowest BCUT2D eigenvalue weighted by molar-refractivity contribution is -0.138. The molecule has 2 aromatic rings. The summed E-state index contributed by atoms with van der Waals surface area (Å²) in [5.41, 5.74) is -1.93. The molecular weight excluding hydrogens is 251 g/mol. The fraction of sp³-hybridized carbons (Fsp3) is 0.100. The lowest BCUT2D eigenvalue weighted by atomic mass is 10.1. The zero-order valence-electron chi connectivity index (χ0n) is 8.72. The maximum Gasteiger partial charge on any atom is 0.417 e. The summed E-state index contributed by atoms with van der Waals surface area (Å²) in [5, 5.41) is 12.4. The summed E-state index contributed by atoms with van der Waals surface area (Å²) in [6.45, 7) is 0. The van der Waals surface area contributed by atoms with E-state index in [0.717, 1.165) is 16.8 Å². The molecule has 0 spiro atoms. The molecule has 0 fully saturated rings. The number of aromatic carboxylic acids is 1. The van der Waals surface area contributed by atoms with E-state index < -0.39 is 23.3 Å². The lowest BCUT2D eigenvalue weighted by Crippen LogP contribution is -2.13. The van der Waals surface area contributed by atoms with Crippen molar-refractivity contribution in [2.45, 2.75) is 6.18 Å². The minimum Gasteiger partial charge on any atom is -0.478 e. The molecule has 18 heavy (non-hydrogen) atoms. The Balaban J connectivity index is 2.60. The standard InChI is InChI=1S/C10H6F3N3O2/c11-10(12,13)8-3-6(16-5-14-4-15-16)1-2-7(8)9(17)18/h1-5H,(H,17,18). The van der Waals surface area contributed by atoms with Crippen LogP contribution in [0.3, 0.4) is 0 Å². The van der Waals surface area contributed by atoms with Gasteiger partial charge in [-0.25, -0.2) is 14.5 Å². The van der Waals surface area contributed by atoms with Crippen LogP contribution < -0.4 is 0 Å². The number of carboxylic acids is 1. The first-order valence-electron chi connectivity index (χ1n) is 4.69. The van der Waals surface area contributed by atoms with E-state index in [0.29, 0.717) is 0 Å². The molecule has 5 nitrogen and oxygen atoms in total. The summed E-state index contributed by atoms with van der Waals surface area (Å²) >= 11 is 0. The molecule has 0 radical (unpaired) electrons. The van der Waals surface area contributed by atoms with E-state index in [1.807, 2.05) is 0 Å². The van der Waals surface area contributed by atoms with Crippen molar-refractivity contribution >= 4 is 5.97 Å². The van der Waals surface area contributed by atoms with Crippen LogP contribution in [0, 0.1) is 0 Å². The van der Waals surface area contributed by atoms with Gasteiger partial charge in [-0.05, 0) is 18.2 Å². The molecule has 0 unspecified atom stereocenters. The molecule has 0 aliphatic heterocycles. The first kappa shape index (κ1) is 12.1. The second-order valence-electron chi connectivity index (χ2n) is 3.37. The van der Waals surface area contributed by atoms with Gasteiger partial charge in [0.05, 0.1) is 16.8 Å². The van der Waals surface area contributed by atoms with Gasteiger partial charge in [-0.1, -0.05) is 0 Å². The summed E-state index contributed by atoms with van der Waals surface area (Å²) in [6.07, 6.45) is -2.36. The number of aromatic nitrogens is 3. The molecular formula is C10H6F3N3O2. The van der Waals surface area contributed by atoms with Crippen LogP contribution in [0.15, 0.2) is 30.9 Å². The minimum absolute atomic E-state index is 0.0878. The predicted molar refractivity (Wildman–Crippen MR) is 53.3 cm³/mol. The van der Waals surface area contributed by atoms with Crippen molar-refractivity contribution in [1.29, 1.82) is 0 Å². The van der Waals surface area contributed by atoms with E-state index in [9.17, 15) is 18.0 Å². The van der Waals surface area contributed by atoms with Gasteiger partial charge in [0.25, 0.3) is 0 Å². The Kier molecular flexibility index (Phi) is 2.77. The molecule has 94 valence electrons. The molecule has 1 heterocycles. The zero-order chi connectivity index (χ0) is 13.3. The van der Waals surface area contributed by atoms with Gasteiger partial charge < -0.3 is 5.11 Å². The summed E-state index contributed by atoms with van der Waals surface area (Å²) in [7, 11) is 0. The van der Waals surface area contributed by atoms with Crippen LogP contribution in [0.5, 0.6) is 0 Å². The quantitative estimate of drug-likeness (QED) is 0.893. The van der Waals surface area contributed by atoms with Crippen LogP contribution >= 0.6 is 0 Å². The van der Waals surface area contributed by atoms with Crippen LogP contribution in [-0.4, -0.2) is 25.8 Å². The average molecular weight is 257 g/mol. The number of carboxylic acid groups (broad SMARTS) is 1. The molecule has 8 heteroatoms. The van der Waals surface area contributed by atoms with Gasteiger partial charge >= 0.3 is 12.1 Å². The second kappa shape index (κ2) is 4.13. The summed E-state index contributed by atoms with van der Waals surface area (Å²) < 4.78 is 39.3.